The number of rotatable bonds is 6. The third-order valence-corrected chi connectivity index (χ3v) is 6.15. The standard InChI is InChI=1S/C28H27N5O2/c1-18-8-10-21(11-9-18)16-35-23-14-12-22(13-15-23)26-25(20(3)31-28-29-17-30-33(26)28)27(34)32-24-7-5-4-6-19(24)2/h4-15,17,26H,16H2,1-3H3,(H,32,34)(H,29,30,31). The third kappa shape index (κ3) is 4.66. The van der Waals surface area contributed by atoms with Gasteiger partial charge in [0, 0.05) is 11.4 Å². The highest BCUT2D eigenvalue weighted by atomic mass is 16.5. The molecule has 0 radical (unpaired) electrons. The van der Waals surface area contributed by atoms with Crippen LogP contribution in [0.25, 0.3) is 0 Å². The number of carbonyl (C=O) groups excluding carboxylic acids is 1. The molecule has 7 heteroatoms. The number of hydrogen-bond acceptors (Lipinski definition) is 5. The Bertz CT molecular complexity index is 1390. The SMILES string of the molecule is CC1=C(C(=O)Nc2ccccc2C)C(c2ccc(OCc3ccc(C)cc3)cc2)n2ncnc2N1. The molecule has 0 spiro atoms. The van der Waals surface area contributed by atoms with Crippen molar-refractivity contribution < 1.29 is 9.53 Å². The van der Waals surface area contributed by atoms with Gasteiger partial charge in [0.15, 0.2) is 0 Å². The van der Waals surface area contributed by atoms with Crippen molar-refractivity contribution in [1.29, 1.82) is 0 Å². The van der Waals surface area contributed by atoms with Crippen molar-refractivity contribution in [3.05, 3.63) is 113 Å². The zero-order valence-electron chi connectivity index (χ0n) is 19.9. The van der Waals surface area contributed by atoms with E-state index in [0.29, 0.717) is 18.1 Å². The van der Waals surface area contributed by atoms with Gasteiger partial charge in [-0.15, -0.1) is 0 Å². The molecule has 35 heavy (non-hydrogen) atoms. The Morgan fingerprint density at radius 1 is 1.00 bits per heavy atom. The molecule has 1 amide bonds. The van der Waals surface area contributed by atoms with E-state index in [1.165, 1.54) is 11.9 Å². The van der Waals surface area contributed by atoms with Crippen molar-refractivity contribution in [3.63, 3.8) is 0 Å². The average molecular weight is 466 g/mol. The minimum Gasteiger partial charge on any atom is -0.489 e. The molecule has 0 saturated heterocycles. The number of aromatic nitrogens is 3. The fourth-order valence-corrected chi connectivity index (χ4v) is 4.19. The van der Waals surface area contributed by atoms with E-state index >= 15 is 0 Å². The van der Waals surface area contributed by atoms with Gasteiger partial charge in [0.05, 0.1) is 5.57 Å². The zero-order valence-corrected chi connectivity index (χ0v) is 19.9. The lowest BCUT2D eigenvalue weighted by Crippen LogP contribution is -2.31. The van der Waals surface area contributed by atoms with Gasteiger partial charge < -0.3 is 15.4 Å². The molecule has 1 atom stereocenters. The second-order valence-corrected chi connectivity index (χ2v) is 8.71. The smallest absolute Gasteiger partial charge is 0.255 e. The van der Waals surface area contributed by atoms with E-state index in [2.05, 4.69) is 51.9 Å². The third-order valence-electron chi connectivity index (χ3n) is 6.15. The Kier molecular flexibility index (Phi) is 6.06. The predicted molar refractivity (Wildman–Crippen MR) is 136 cm³/mol. The Morgan fingerprint density at radius 2 is 1.74 bits per heavy atom. The number of benzene rings is 3. The molecule has 1 aliphatic heterocycles. The van der Waals surface area contributed by atoms with Crippen LogP contribution in [0.4, 0.5) is 11.6 Å². The number of para-hydroxylation sites is 1. The summed E-state index contributed by atoms with van der Waals surface area (Å²) in [5, 5.41) is 10.7. The van der Waals surface area contributed by atoms with E-state index in [1.54, 1.807) is 4.68 Å². The van der Waals surface area contributed by atoms with Crippen LogP contribution >= 0.6 is 0 Å². The summed E-state index contributed by atoms with van der Waals surface area (Å²) in [6, 6.07) is 23.4. The number of amides is 1. The van der Waals surface area contributed by atoms with Crippen LogP contribution in [-0.4, -0.2) is 20.7 Å². The van der Waals surface area contributed by atoms with E-state index in [0.717, 1.165) is 33.8 Å². The second-order valence-electron chi connectivity index (χ2n) is 8.71. The number of allylic oxidation sites excluding steroid dienone is 1. The van der Waals surface area contributed by atoms with Crippen molar-refractivity contribution >= 4 is 17.5 Å². The van der Waals surface area contributed by atoms with Crippen molar-refractivity contribution in [2.24, 2.45) is 0 Å². The number of aryl methyl sites for hydroxylation is 2. The molecule has 176 valence electrons. The van der Waals surface area contributed by atoms with Crippen molar-refractivity contribution in [2.45, 2.75) is 33.4 Å². The molecule has 0 aliphatic carbocycles. The minimum absolute atomic E-state index is 0.185. The number of fused-ring (bicyclic) bond motifs is 1. The minimum atomic E-state index is -0.427. The van der Waals surface area contributed by atoms with Crippen molar-refractivity contribution in [2.75, 3.05) is 10.6 Å². The molecular formula is C28H27N5O2. The normalized spacial score (nSPS) is 14.8. The lowest BCUT2D eigenvalue weighted by atomic mass is 9.95. The van der Waals surface area contributed by atoms with Crippen molar-refractivity contribution in [1.82, 2.24) is 14.8 Å². The Hall–Kier alpha value is -4.39. The van der Waals surface area contributed by atoms with E-state index in [-0.39, 0.29) is 5.91 Å². The maximum Gasteiger partial charge on any atom is 0.255 e. The van der Waals surface area contributed by atoms with E-state index < -0.39 is 6.04 Å². The van der Waals surface area contributed by atoms with Gasteiger partial charge >= 0.3 is 0 Å². The molecule has 2 N–H and O–H groups in total. The first-order chi connectivity index (χ1) is 17.0. The highest BCUT2D eigenvalue weighted by Gasteiger charge is 2.33. The number of nitrogens with zero attached hydrogens (tertiary/aromatic N) is 3. The second kappa shape index (κ2) is 9.46. The van der Waals surface area contributed by atoms with Crippen LogP contribution in [0.3, 0.4) is 0 Å². The summed E-state index contributed by atoms with van der Waals surface area (Å²) in [6.07, 6.45) is 1.49. The molecule has 0 saturated carbocycles. The maximum absolute atomic E-state index is 13.5. The molecule has 2 heterocycles. The fraction of sp³-hybridized carbons (Fsp3) is 0.179. The van der Waals surface area contributed by atoms with Gasteiger partial charge in [-0.3, -0.25) is 4.79 Å². The number of anilines is 2. The number of carbonyl (C=O) groups is 1. The van der Waals surface area contributed by atoms with Gasteiger partial charge in [-0.05, 0) is 55.7 Å². The van der Waals surface area contributed by atoms with E-state index in [4.69, 9.17) is 4.74 Å². The van der Waals surface area contributed by atoms with Gasteiger partial charge in [0.2, 0.25) is 5.95 Å². The van der Waals surface area contributed by atoms with Gasteiger partial charge in [-0.2, -0.15) is 10.1 Å². The molecule has 7 nitrogen and oxygen atoms in total. The molecule has 0 fully saturated rings. The molecule has 0 bridgehead atoms. The number of hydrogen-bond donors (Lipinski definition) is 2. The fourth-order valence-electron chi connectivity index (χ4n) is 4.19. The van der Waals surface area contributed by atoms with Gasteiger partial charge in [-0.25, -0.2) is 4.68 Å². The quantitative estimate of drug-likeness (QED) is 0.398. The number of ether oxygens (including phenoxy) is 1. The lowest BCUT2D eigenvalue weighted by Gasteiger charge is -2.29. The Labute approximate surface area is 204 Å². The largest absolute Gasteiger partial charge is 0.489 e. The topological polar surface area (TPSA) is 81.1 Å². The predicted octanol–water partition coefficient (Wildman–Crippen LogP) is 5.40. The summed E-state index contributed by atoms with van der Waals surface area (Å²) in [4.78, 5) is 17.8. The molecular weight excluding hydrogens is 438 g/mol. The molecule has 1 aliphatic rings. The first-order valence-corrected chi connectivity index (χ1v) is 11.5. The van der Waals surface area contributed by atoms with Crippen LogP contribution in [-0.2, 0) is 11.4 Å². The van der Waals surface area contributed by atoms with Gasteiger partial charge in [0.25, 0.3) is 5.91 Å². The molecule has 4 aromatic rings. The zero-order chi connectivity index (χ0) is 24.4. The Balaban J connectivity index is 1.41. The summed E-state index contributed by atoms with van der Waals surface area (Å²) in [6.45, 7) is 6.41. The summed E-state index contributed by atoms with van der Waals surface area (Å²) in [7, 11) is 0. The van der Waals surface area contributed by atoms with Crippen LogP contribution in [0, 0.1) is 13.8 Å². The Morgan fingerprint density at radius 3 is 2.49 bits per heavy atom. The monoisotopic (exact) mass is 465 g/mol. The average Bonchev–Trinajstić information content (AvgIpc) is 3.32. The summed E-state index contributed by atoms with van der Waals surface area (Å²) >= 11 is 0. The van der Waals surface area contributed by atoms with Crippen LogP contribution < -0.4 is 15.4 Å². The maximum atomic E-state index is 13.5. The summed E-state index contributed by atoms with van der Waals surface area (Å²) in [5.74, 6) is 1.17. The van der Waals surface area contributed by atoms with E-state index in [1.807, 2.05) is 62.4 Å². The lowest BCUT2D eigenvalue weighted by molar-refractivity contribution is -0.113. The first-order valence-electron chi connectivity index (χ1n) is 11.5. The molecule has 5 rings (SSSR count). The van der Waals surface area contributed by atoms with E-state index in [9.17, 15) is 4.79 Å². The highest BCUT2D eigenvalue weighted by molar-refractivity contribution is 6.06. The highest BCUT2D eigenvalue weighted by Crippen LogP contribution is 2.36. The van der Waals surface area contributed by atoms with Crippen LogP contribution in [0.2, 0.25) is 0 Å². The summed E-state index contributed by atoms with van der Waals surface area (Å²) < 4.78 is 7.72. The summed E-state index contributed by atoms with van der Waals surface area (Å²) in [5.41, 5.74) is 6.34. The van der Waals surface area contributed by atoms with Crippen molar-refractivity contribution in [3.8, 4) is 5.75 Å². The number of nitrogens with one attached hydrogen (secondary N) is 2. The van der Waals surface area contributed by atoms with Crippen LogP contribution in [0.5, 0.6) is 5.75 Å². The molecule has 1 aromatic heterocycles. The first kappa shape index (κ1) is 22.4. The van der Waals surface area contributed by atoms with Crippen LogP contribution in [0.15, 0.2) is 90.4 Å². The van der Waals surface area contributed by atoms with Gasteiger partial charge in [0.1, 0.15) is 24.7 Å². The van der Waals surface area contributed by atoms with Crippen LogP contribution in [0.1, 0.15) is 35.2 Å². The van der Waals surface area contributed by atoms with Gasteiger partial charge in [-0.1, -0.05) is 60.2 Å². The molecule has 1 unspecified atom stereocenters. The molecule has 3 aromatic carbocycles.